The van der Waals surface area contributed by atoms with Gasteiger partial charge in [-0.05, 0) is 43.3 Å². The number of methoxy groups -OCH3 is 1. The fraction of sp³-hybridized carbons (Fsp3) is 0.290. The number of amides is 2. The molecule has 1 aliphatic rings. The van der Waals surface area contributed by atoms with Crippen molar-refractivity contribution in [1.82, 2.24) is 20.6 Å². The molecule has 0 saturated heterocycles. The minimum absolute atomic E-state index is 0.0821. The summed E-state index contributed by atoms with van der Waals surface area (Å²) in [6, 6.07) is 8.26. The molecule has 3 heterocycles. The molecule has 2 aromatic heterocycles. The van der Waals surface area contributed by atoms with Crippen LogP contribution in [0.1, 0.15) is 34.1 Å². The molecule has 0 radical (unpaired) electrons. The van der Waals surface area contributed by atoms with E-state index in [0.29, 0.717) is 23.0 Å². The van der Waals surface area contributed by atoms with Crippen molar-refractivity contribution in [3.63, 3.8) is 0 Å². The lowest BCUT2D eigenvalue weighted by Gasteiger charge is -2.31. The van der Waals surface area contributed by atoms with E-state index in [9.17, 15) is 41.0 Å². The van der Waals surface area contributed by atoms with Crippen molar-refractivity contribution in [2.45, 2.75) is 30.3 Å². The number of halogens is 7. The second-order valence-corrected chi connectivity index (χ2v) is 11.4. The molecule has 47 heavy (non-hydrogen) atoms. The SMILES string of the molecule is CNC(=O)[C@@]1(C)COc2c1cc([C@@](O)(CNC(=O)c1cc(OC)c3ncc(Cl)cc3c1)C(F)(F)F)nc2-c1ccc(C(F)(F)F)cc1. The van der Waals surface area contributed by atoms with Crippen LogP contribution in [0.3, 0.4) is 0 Å². The van der Waals surface area contributed by atoms with Crippen LogP contribution in [0.2, 0.25) is 5.02 Å². The molecule has 0 fully saturated rings. The van der Waals surface area contributed by atoms with Crippen molar-refractivity contribution in [2.75, 3.05) is 27.3 Å². The number of pyridine rings is 2. The van der Waals surface area contributed by atoms with E-state index >= 15 is 0 Å². The third-order valence-corrected chi connectivity index (χ3v) is 8.09. The molecule has 0 unspecified atom stereocenters. The van der Waals surface area contributed by atoms with E-state index in [1.54, 1.807) is 0 Å². The standard InChI is InChI=1S/C31H25ClF6N4O5/c1-28(27(44)39-2)14-47-25-20(28)11-22(42-24(25)15-4-6-18(7-5-15)30(33,34)35)29(45,31(36,37)38)13-41-26(43)17-8-16-9-19(32)12-40-23(16)21(10-17)46-3/h4-12,45H,13-14H2,1-3H3,(H,39,44)(H,41,43)/t28-,29-/m0/s1. The molecule has 2 aromatic carbocycles. The van der Waals surface area contributed by atoms with Gasteiger partial charge in [0.15, 0.2) is 0 Å². The normalized spacial score (nSPS) is 17.4. The van der Waals surface area contributed by atoms with Crippen LogP contribution in [0.5, 0.6) is 11.5 Å². The van der Waals surface area contributed by atoms with Gasteiger partial charge in [-0.15, -0.1) is 0 Å². The quantitative estimate of drug-likeness (QED) is 0.219. The Balaban J connectivity index is 1.61. The zero-order valence-electron chi connectivity index (χ0n) is 24.7. The summed E-state index contributed by atoms with van der Waals surface area (Å²) in [6.45, 7) is -0.398. The van der Waals surface area contributed by atoms with E-state index in [1.807, 2.05) is 0 Å². The number of ether oxygens (including phenoxy) is 2. The number of hydrogen-bond donors (Lipinski definition) is 3. The third kappa shape index (κ3) is 6.00. The molecule has 2 atom stereocenters. The number of fused-ring (bicyclic) bond motifs is 2. The predicted octanol–water partition coefficient (Wildman–Crippen LogP) is 5.55. The smallest absolute Gasteiger partial charge is 0.424 e. The number of aromatic nitrogens is 2. The summed E-state index contributed by atoms with van der Waals surface area (Å²) in [5, 5.41) is 16.4. The van der Waals surface area contributed by atoms with E-state index < -0.39 is 53.0 Å². The van der Waals surface area contributed by atoms with E-state index in [0.717, 1.165) is 18.2 Å². The molecule has 2 amide bonds. The average Bonchev–Trinajstić information content (AvgIpc) is 3.38. The number of likely N-dealkylation sites (N-methyl/N-ethyl adjacent to an activating group) is 1. The van der Waals surface area contributed by atoms with Crippen molar-refractivity contribution in [1.29, 1.82) is 0 Å². The lowest BCUT2D eigenvalue weighted by Crippen LogP contribution is -2.52. The highest BCUT2D eigenvalue weighted by molar-refractivity contribution is 6.31. The Bertz CT molecular complexity index is 1890. The van der Waals surface area contributed by atoms with Crippen molar-refractivity contribution >= 4 is 34.3 Å². The number of rotatable bonds is 7. The molecule has 3 N–H and O–H groups in total. The van der Waals surface area contributed by atoms with E-state index in [4.69, 9.17) is 21.1 Å². The second-order valence-electron chi connectivity index (χ2n) is 11.0. The molecule has 248 valence electrons. The van der Waals surface area contributed by atoms with Crippen LogP contribution < -0.4 is 20.1 Å². The van der Waals surface area contributed by atoms with E-state index in [1.165, 1.54) is 45.5 Å². The molecule has 5 rings (SSSR count). The van der Waals surface area contributed by atoms with Gasteiger partial charge in [0, 0.05) is 35.3 Å². The van der Waals surface area contributed by atoms with Gasteiger partial charge < -0.3 is 25.2 Å². The highest BCUT2D eigenvalue weighted by atomic mass is 35.5. The maximum Gasteiger partial charge on any atom is 0.424 e. The highest BCUT2D eigenvalue weighted by Gasteiger charge is 2.58. The molecule has 0 aliphatic carbocycles. The molecule has 1 aliphatic heterocycles. The van der Waals surface area contributed by atoms with Crippen LogP contribution >= 0.6 is 11.6 Å². The maximum absolute atomic E-state index is 14.8. The molecule has 0 bridgehead atoms. The first-order chi connectivity index (χ1) is 21.9. The lowest BCUT2D eigenvalue weighted by molar-refractivity contribution is -0.265. The van der Waals surface area contributed by atoms with Crippen LogP contribution in [0, 0.1) is 0 Å². The highest BCUT2D eigenvalue weighted by Crippen LogP contribution is 2.48. The first-order valence-electron chi connectivity index (χ1n) is 13.7. The van der Waals surface area contributed by atoms with Gasteiger partial charge in [-0.25, -0.2) is 4.98 Å². The Kier molecular flexibility index (Phi) is 8.52. The molecule has 4 aromatic rings. The summed E-state index contributed by atoms with van der Waals surface area (Å²) in [5.41, 5.74) is -7.83. The zero-order valence-corrected chi connectivity index (χ0v) is 25.5. The summed E-state index contributed by atoms with van der Waals surface area (Å²) < 4.78 is 95.0. The number of hydrogen-bond acceptors (Lipinski definition) is 7. The minimum Gasteiger partial charge on any atom is -0.494 e. The Morgan fingerprint density at radius 1 is 1.09 bits per heavy atom. The molecule has 9 nitrogen and oxygen atoms in total. The van der Waals surface area contributed by atoms with Gasteiger partial charge in [0.05, 0.1) is 29.9 Å². The van der Waals surface area contributed by atoms with Gasteiger partial charge in [-0.2, -0.15) is 26.3 Å². The Morgan fingerprint density at radius 2 is 1.77 bits per heavy atom. The van der Waals surface area contributed by atoms with Gasteiger partial charge in [-0.1, -0.05) is 23.7 Å². The van der Waals surface area contributed by atoms with E-state index in [2.05, 4.69) is 20.6 Å². The molecule has 0 spiro atoms. The fourth-order valence-corrected chi connectivity index (χ4v) is 5.36. The summed E-state index contributed by atoms with van der Waals surface area (Å²) in [4.78, 5) is 34.2. The Labute approximate surface area is 267 Å². The number of nitrogens with one attached hydrogen (secondary N) is 2. The van der Waals surface area contributed by atoms with Gasteiger partial charge in [-0.3, -0.25) is 14.6 Å². The predicted molar refractivity (Wildman–Crippen MR) is 157 cm³/mol. The van der Waals surface area contributed by atoms with Crippen molar-refractivity contribution in [3.8, 4) is 22.8 Å². The van der Waals surface area contributed by atoms with Crippen LogP contribution in [0.15, 0.2) is 54.7 Å². The van der Waals surface area contributed by atoms with Crippen LogP contribution in [-0.4, -0.2) is 60.4 Å². The largest absolute Gasteiger partial charge is 0.494 e. The third-order valence-electron chi connectivity index (χ3n) is 7.88. The fourth-order valence-electron chi connectivity index (χ4n) is 5.19. The number of alkyl halides is 6. The van der Waals surface area contributed by atoms with Crippen molar-refractivity contribution in [2.24, 2.45) is 0 Å². The minimum atomic E-state index is -5.46. The monoisotopic (exact) mass is 682 g/mol. The van der Waals surface area contributed by atoms with Crippen LogP contribution in [0.25, 0.3) is 22.2 Å². The number of benzene rings is 2. The summed E-state index contributed by atoms with van der Waals surface area (Å²) in [7, 11) is 2.61. The first kappa shape index (κ1) is 33.7. The molecule has 16 heteroatoms. The van der Waals surface area contributed by atoms with Gasteiger partial charge >= 0.3 is 12.4 Å². The lowest BCUT2D eigenvalue weighted by atomic mass is 9.81. The summed E-state index contributed by atoms with van der Waals surface area (Å²) in [6.07, 6.45) is -8.81. The summed E-state index contributed by atoms with van der Waals surface area (Å²) >= 11 is 6.01. The van der Waals surface area contributed by atoms with Crippen LogP contribution in [0.4, 0.5) is 26.3 Å². The first-order valence-corrected chi connectivity index (χ1v) is 14.1. The van der Waals surface area contributed by atoms with Gasteiger partial charge in [0.1, 0.15) is 34.7 Å². The van der Waals surface area contributed by atoms with Gasteiger partial charge in [0.2, 0.25) is 11.5 Å². The van der Waals surface area contributed by atoms with E-state index in [-0.39, 0.29) is 45.5 Å². The average molecular weight is 683 g/mol. The summed E-state index contributed by atoms with van der Waals surface area (Å²) in [5.74, 6) is -1.69. The molecular formula is C31H25ClF6N4O5. The maximum atomic E-state index is 14.8. The number of nitrogens with zero attached hydrogens (tertiary/aromatic N) is 2. The number of carbonyl (C=O) groups excluding carboxylic acids is 2. The molecule has 0 saturated carbocycles. The van der Waals surface area contributed by atoms with Gasteiger partial charge in [0.25, 0.3) is 5.91 Å². The molecular weight excluding hydrogens is 658 g/mol. The van der Waals surface area contributed by atoms with Crippen molar-refractivity contribution < 1.29 is 50.5 Å². The second kappa shape index (κ2) is 11.9. The topological polar surface area (TPSA) is 123 Å². The Morgan fingerprint density at radius 3 is 2.36 bits per heavy atom. The number of aliphatic hydroxyl groups is 1. The zero-order chi connectivity index (χ0) is 34.5. The number of carbonyl (C=O) groups is 2. The Hall–Kier alpha value is -4.63. The van der Waals surface area contributed by atoms with Crippen molar-refractivity contribution in [3.05, 3.63) is 82.1 Å². The van der Waals surface area contributed by atoms with Crippen LogP contribution in [-0.2, 0) is 22.0 Å².